The van der Waals surface area contributed by atoms with Gasteiger partial charge in [-0.15, -0.1) is 4.80 Å². The van der Waals surface area contributed by atoms with Gasteiger partial charge in [0.1, 0.15) is 0 Å². The highest BCUT2D eigenvalue weighted by molar-refractivity contribution is 6.32. The van der Waals surface area contributed by atoms with Crippen LogP contribution < -0.4 is 5.32 Å². The van der Waals surface area contributed by atoms with E-state index in [2.05, 4.69) is 44.4 Å². The van der Waals surface area contributed by atoms with Gasteiger partial charge in [-0.3, -0.25) is 4.79 Å². The number of halogens is 1. The molecule has 10 heteroatoms. The second-order valence-electron chi connectivity index (χ2n) is 8.10. The van der Waals surface area contributed by atoms with Crippen molar-refractivity contribution in [2.24, 2.45) is 0 Å². The molecule has 152 valence electrons. The van der Waals surface area contributed by atoms with Gasteiger partial charge in [0.25, 0.3) is 0 Å². The van der Waals surface area contributed by atoms with Crippen molar-refractivity contribution in [3.05, 3.63) is 58.9 Å². The molecular formula is C20H19ClN8O. The Hall–Kier alpha value is -3.33. The summed E-state index contributed by atoms with van der Waals surface area (Å²) in [7, 11) is 0. The first-order chi connectivity index (χ1) is 14.3. The van der Waals surface area contributed by atoms with Gasteiger partial charge in [0.15, 0.2) is 11.5 Å². The van der Waals surface area contributed by atoms with E-state index in [-0.39, 0.29) is 17.2 Å². The smallest absolute Gasteiger partial charge is 0.232 e. The van der Waals surface area contributed by atoms with Crippen molar-refractivity contribution in [2.75, 3.05) is 5.32 Å². The summed E-state index contributed by atoms with van der Waals surface area (Å²) in [6.07, 6.45) is 8.96. The lowest BCUT2D eigenvalue weighted by atomic mass is 9.86. The van der Waals surface area contributed by atoms with E-state index in [0.29, 0.717) is 22.9 Å². The van der Waals surface area contributed by atoms with E-state index < -0.39 is 0 Å². The second-order valence-corrected chi connectivity index (χ2v) is 8.51. The van der Waals surface area contributed by atoms with Crippen LogP contribution >= 0.6 is 11.6 Å². The number of hydrogen-bond acceptors (Lipinski definition) is 6. The fraction of sp³-hybridized carbons (Fsp3) is 0.300. The molecule has 0 saturated heterocycles. The molecule has 9 nitrogen and oxygen atoms in total. The molecule has 0 radical (unpaired) electrons. The zero-order valence-electron chi connectivity index (χ0n) is 16.7. The van der Waals surface area contributed by atoms with E-state index in [0.717, 1.165) is 22.5 Å². The zero-order valence-corrected chi connectivity index (χ0v) is 17.4. The average molecular weight is 423 g/mol. The number of pyridine rings is 1. The van der Waals surface area contributed by atoms with Crippen LogP contribution in [0.4, 0.5) is 5.69 Å². The molecular weight excluding hydrogens is 404 g/mol. The lowest BCUT2D eigenvalue weighted by Gasteiger charge is -2.19. The lowest BCUT2D eigenvalue weighted by Crippen LogP contribution is -2.21. The molecule has 0 saturated carbocycles. The van der Waals surface area contributed by atoms with Gasteiger partial charge in [-0.2, -0.15) is 15.3 Å². The first kappa shape index (κ1) is 18.7. The number of aryl methyl sites for hydroxylation is 1. The monoisotopic (exact) mass is 422 g/mol. The van der Waals surface area contributed by atoms with Gasteiger partial charge in [0.2, 0.25) is 5.91 Å². The van der Waals surface area contributed by atoms with Crippen molar-refractivity contribution in [2.45, 2.75) is 38.5 Å². The average Bonchev–Trinajstić information content (AvgIpc) is 3.39. The first-order valence-corrected chi connectivity index (χ1v) is 9.90. The number of nitrogens with zero attached hydrogens (tertiary/aromatic N) is 7. The van der Waals surface area contributed by atoms with Crippen LogP contribution in [0.25, 0.3) is 11.5 Å². The number of carbonyl (C=O) groups excluding carboxylic acids is 1. The molecule has 0 fully saturated rings. The Labute approximate surface area is 177 Å². The second kappa shape index (κ2) is 6.60. The third-order valence-electron chi connectivity index (χ3n) is 5.42. The molecule has 0 bridgehead atoms. The molecule has 1 aliphatic rings. The largest absolute Gasteiger partial charge is 0.324 e. The summed E-state index contributed by atoms with van der Waals surface area (Å²) in [6, 6.07) is 1.64. The molecule has 0 aromatic carbocycles. The van der Waals surface area contributed by atoms with Crippen molar-refractivity contribution in [1.82, 2.24) is 34.6 Å². The number of aromatic nitrogens is 7. The van der Waals surface area contributed by atoms with Gasteiger partial charge >= 0.3 is 0 Å². The molecule has 0 unspecified atom stereocenters. The van der Waals surface area contributed by atoms with Gasteiger partial charge in [-0.1, -0.05) is 25.4 Å². The SMILES string of the molecule is Cc1cn2ncc3c(c2n1)C(C)(C)C[C@@H]3C(=O)Nc1cnc(-n2nccn2)c(Cl)c1. The van der Waals surface area contributed by atoms with Crippen molar-refractivity contribution in [3.63, 3.8) is 0 Å². The van der Waals surface area contributed by atoms with Gasteiger partial charge in [0.05, 0.1) is 53.3 Å². The molecule has 4 aromatic heterocycles. The Morgan fingerprint density at radius 3 is 2.73 bits per heavy atom. The zero-order chi connectivity index (χ0) is 21.0. The van der Waals surface area contributed by atoms with Crippen LogP contribution in [-0.4, -0.2) is 40.5 Å². The van der Waals surface area contributed by atoms with E-state index >= 15 is 0 Å². The third kappa shape index (κ3) is 2.93. The van der Waals surface area contributed by atoms with Crippen molar-refractivity contribution in [3.8, 4) is 5.82 Å². The van der Waals surface area contributed by atoms with Gasteiger partial charge in [-0.25, -0.2) is 14.5 Å². The molecule has 1 N–H and O–H groups in total. The van der Waals surface area contributed by atoms with Gasteiger partial charge < -0.3 is 5.32 Å². The molecule has 0 aliphatic heterocycles. The highest BCUT2D eigenvalue weighted by atomic mass is 35.5. The number of rotatable bonds is 3. The Kier molecular flexibility index (Phi) is 4.11. The minimum atomic E-state index is -0.337. The minimum absolute atomic E-state index is 0.126. The number of hydrogen-bond donors (Lipinski definition) is 1. The number of fused-ring (bicyclic) bond motifs is 3. The Balaban J connectivity index is 1.46. The molecule has 0 spiro atoms. The molecule has 1 aliphatic carbocycles. The third-order valence-corrected chi connectivity index (χ3v) is 5.70. The Morgan fingerprint density at radius 2 is 2.00 bits per heavy atom. The van der Waals surface area contributed by atoms with Crippen molar-refractivity contribution in [1.29, 1.82) is 0 Å². The van der Waals surface area contributed by atoms with E-state index in [4.69, 9.17) is 11.6 Å². The van der Waals surface area contributed by atoms with Crippen LogP contribution in [0.1, 0.15) is 43.0 Å². The lowest BCUT2D eigenvalue weighted by molar-refractivity contribution is -0.117. The van der Waals surface area contributed by atoms with Crippen LogP contribution in [0.3, 0.4) is 0 Å². The fourth-order valence-corrected chi connectivity index (χ4v) is 4.42. The number of carbonyl (C=O) groups is 1. The highest BCUT2D eigenvalue weighted by Gasteiger charge is 2.43. The number of amides is 1. The van der Waals surface area contributed by atoms with Crippen LogP contribution in [0, 0.1) is 6.92 Å². The minimum Gasteiger partial charge on any atom is -0.324 e. The fourth-order valence-electron chi connectivity index (χ4n) is 4.18. The highest BCUT2D eigenvalue weighted by Crippen LogP contribution is 2.47. The van der Waals surface area contributed by atoms with Gasteiger partial charge in [-0.05, 0) is 30.4 Å². The summed E-state index contributed by atoms with van der Waals surface area (Å²) in [5.74, 6) is -0.0666. The topological polar surface area (TPSA) is 103 Å². The van der Waals surface area contributed by atoms with Gasteiger partial charge in [0, 0.05) is 5.56 Å². The standard InChI is InChI=1S/C20H19ClN8O/c1-11-10-28-18(26-11)16-14(9-25-28)13(7-20(16,2)3)19(30)27-12-6-15(21)17(22-8-12)29-23-4-5-24-29/h4-6,8-10,13H,7H2,1-3H3,(H,27,30)/t13-/m0/s1. The molecule has 4 heterocycles. The molecule has 1 atom stereocenters. The van der Waals surface area contributed by atoms with E-state index in [9.17, 15) is 4.79 Å². The van der Waals surface area contributed by atoms with Crippen LogP contribution in [-0.2, 0) is 10.2 Å². The van der Waals surface area contributed by atoms with Crippen molar-refractivity contribution < 1.29 is 4.79 Å². The summed E-state index contributed by atoms with van der Waals surface area (Å²) in [5.41, 5.74) is 4.00. The van der Waals surface area contributed by atoms with E-state index in [1.54, 1.807) is 35.4 Å². The van der Waals surface area contributed by atoms with Crippen LogP contribution in [0.15, 0.2) is 37.1 Å². The Morgan fingerprint density at radius 1 is 1.23 bits per heavy atom. The maximum atomic E-state index is 13.2. The summed E-state index contributed by atoms with van der Waals surface area (Å²) >= 11 is 6.32. The van der Waals surface area contributed by atoms with Crippen LogP contribution in [0.2, 0.25) is 5.02 Å². The predicted octanol–water partition coefficient (Wildman–Crippen LogP) is 3.07. The van der Waals surface area contributed by atoms with E-state index in [1.807, 2.05) is 13.1 Å². The Bertz CT molecular complexity index is 1280. The molecule has 5 rings (SSSR count). The summed E-state index contributed by atoms with van der Waals surface area (Å²) < 4.78 is 1.78. The predicted molar refractivity (Wildman–Crippen MR) is 111 cm³/mol. The van der Waals surface area contributed by atoms with E-state index in [1.165, 1.54) is 4.80 Å². The maximum absolute atomic E-state index is 13.2. The quantitative estimate of drug-likeness (QED) is 0.544. The number of nitrogens with one attached hydrogen (secondary N) is 1. The summed E-state index contributed by atoms with van der Waals surface area (Å²) in [5, 5.41) is 15.8. The number of anilines is 1. The molecule has 1 amide bonds. The summed E-state index contributed by atoms with van der Waals surface area (Å²) in [6.45, 7) is 6.20. The van der Waals surface area contributed by atoms with Crippen molar-refractivity contribution >= 4 is 28.8 Å². The first-order valence-electron chi connectivity index (χ1n) is 9.52. The number of imidazole rings is 1. The molecule has 4 aromatic rings. The molecule has 30 heavy (non-hydrogen) atoms. The normalized spacial score (nSPS) is 17.3. The maximum Gasteiger partial charge on any atom is 0.232 e. The van der Waals surface area contributed by atoms with Crippen LogP contribution in [0.5, 0.6) is 0 Å². The summed E-state index contributed by atoms with van der Waals surface area (Å²) in [4.78, 5) is 23.4.